The van der Waals surface area contributed by atoms with Crippen molar-refractivity contribution in [1.82, 2.24) is 0 Å². The maximum Gasteiger partial charge on any atom is 0.349 e. The molecular weight excluding hydrogens is 456 g/mol. The SMILES string of the molecule is Cc1cc(SC2=C(O)CC(CCc3ccccc3)(c3ccccc3)OC2=O)c(C(C)(C)C)cc1O. The second kappa shape index (κ2) is 9.82. The minimum Gasteiger partial charge on any atom is -0.511 e. The summed E-state index contributed by atoms with van der Waals surface area (Å²) in [5.74, 6) is -0.275. The van der Waals surface area contributed by atoms with E-state index in [0.717, 1.165) is 21.6 Å². The number of rotatable bonds is 6. The van der Waals surface area contributed by atoms with E-state index in [9.17, 15) is 15.0 Å². The molecule has 0 saturated heterocycles. The fraction of sp³-hybridized carbons (Fsp3) is 0.300. The van der Waals surface area contributed by atoms with Crippen LogP contribution < -0.4 is 0 Å². The highest BCUT2D eigenvalue weighted by Gasteiger charge is 2.43. The fourth-order valence-corrected chi connectivity index (χ4v) is 5.70. The molecule has 0 amide bonds. The summed E-state index contributed by atoms with van der Waals surface area (Å²) in [6.45, 7) is 7.99. The molecular formula is C30H32O4S. The van der Waals surface area contributed by atoms with E-state index in [1.807, 2.05) is 61.5 Å². The second-order valence-electron chi connectivity index (χ2n) is 10.2. The molecule has 0 saturated carbocycles. The predicted octanol–water partition coefficient (Wildman–Crippen LogP) is 7.34. The molecule has 1 heterocycles. The van der Waals surface area contributed by atoms with Crippen LogP contribution in [0.25, 0.3) is 0 Å². The molecule has 4 rings (SSSR count). The number of carbonyl (C=O) groups is 1. The number of carbonyl (C=O) groups excluding carboxylic acids is 1. The van der Waals surface area contributed by atoms with E-state index in [2.05, 4.69) is 32.9 Å². The van der Waals surface area contributed by atoms with Crippen molar-refractivity contribution in [3.05, 3.63) is 106 Å². The molecule has 0 fully saturated rings. The van der Waals surface area contributed by atoms with Crippen LogP contribution in [0.4, 0.5) is 0 Å². The van der Waals surface area contributed by atoms with Crippen molar-refractivity contribution in [2.75, 3.05) is 0 Å². The van der Waals surface area contributed by atoms with Crippen molar-refractivity contribution < 1.29 is 19.7 Å². The number of phenols is 1. The van der Waals surface area contributed by atoms with Crippen LogP contribution in [-0.4, -0.2) is 16.2 Å². The second-order valence-corrected chi connectivity index (χ2v) is 11.2. The first-order valence-electron chi connectivity index (χ1n) is 11.9. The molecule has 0 spiro atoms. The van der Waals surface area contributed by atoms with E-state index in [1.54, 1.807) is 6.07 Å². The van der Waals surface area contributed by atoms with Gasteiger partial charge in [0, 0.05) is 4.90 Å². The molecule has 0 aromatic heterocycles. The van der Waals surface area contributed by atoms with Gasteiger partial charge in [-0.25, -0.2) is 4.79 Å². The lowest BCUT2D eigenvalue weighted by Crippen LogP contribution is -2.38. The van der Waals surface area contributed by atoms with Gasteiger partial charge in [0.05, 0.1) is 6.42 Å². The number of aliphatic hydroxyl groups is 1. The summed E-state index contributed by atoms with van der Waals surface area (Å²) in [7, 11) is 0. The molecule has 0 aliphatic carbocycles. The summed E-state index contributed by atoms with van der Waals surface area (Å²) in [4.78, 5) is 14.4. The van der Waals surface area contributed by atoms with Crippen molar-refractivity contribution >= 4 is 17.7 Å². The quantitative estimate of drug-likeness (QED) is 0.356. The van der Waals surface area contributed by atoms with Gasteiger partial charge < -0.3 is 14.9 Å². The van der Waals surface area contributed by atoms with E-state index in [-0.39, 0.29) is 28.2 Å². The van der Waals surface area contributed by atoms with Gasteiger partial charge >= 0.3 is 5.97 Å². The normalized spacial score (nSPS) is 18.5. The van der Waals surface area contributed by atoms with Crippen LogP contribution in [0.2, 0.25) is 0 Å². The number of ether oxygens (including phenoxy) is 1. The minimum atomic E-state index is -0.944. The number of phenolic OH excluding ortho intramolecular Hbond substituents is 1. The summed E-state index contributed by atoms with van der Waals surface area (Å²) in [6.07, 6.45) is 1.48. The molecule has 2 N–H and O–H groups in total. The lowest BCUT2D eigenvalue weighted by Gasteiger charge is -2.38. The Hall–Kier alpha value is -3.18. The van der Waals surface area contributed by atoms with Crippen LogP contribution in [0.1, 0.15) is 55.9 Å². The molecule has 4 nitrogen and oxygen atoms in total. The fourth-order valence-electron chi connectivity index (χ4n) is 4.46. The molecule has 3 aromatic carbocycles. The van der Waals surface area contributed by atoms with E-state index in [1.165, 1.54) is 11.8 Å². The van der Waals surface area contributed by atoms with Gasteiger partial charge in [-0.05, 0) is 59.6 Å². The lowest BCUT2D eigenvalue weighted by molar-refractivity contribution is -0.160. The van der Waals surface area contributed by atoms with Crippen molar-refractivity contribution in [3.8, 4) is 5.75 Å². The number of aromatic hydroxyl groups is 1. The third-order valence-electron chi connectivity index (χ3n) is 6.47. The third-order valence-corrected chi connectivity index (χ3v) is 7.63. The van der Waals surface area contributed by atoms with Gasteiger partial charge in [-0.3, -0.25) is 0 Å². The molecule has 1 atom stereocenters. The summed E-state index contributed by atoms with van der Waals surface area (Å²) < 4.78 is 6.19. The Labute approximate surface area is 211 Å². The molecule has 182 valence electrons. The van der Waals surface area contributed by atoms with E-state index in [0.29, 0.717) is 18.4 Å². The molecule has 5 heteroatoms. The van der Waals surface area contributed by atoms with Gasteiger partial charge in [0.2, 0.25) is 0 Å². The van der Waals surface area contributed by atoms with Crippen molar-refractivity contribution in [3.63, 3.8) is 0 Å². The predicted molar refractivity (Wildman–Crippen MR) is 141 cm³/mol. The first kappa shape index (κ1) is 24.9. The molecule has 1 aliphatic rings. The monoisotopic (exact) mass is 488 g/mol. The topological polar surface area (TPSA) is 66.8 Å². The molecule has 1 unspecified atom stereocenters. The standard InChI is InChI=1S/C30H32O4S/c1-20-17-26(23(18-24(20)31)29(2,3)4)35-27-25(32)19-30(34-28(27)33,22-13-9-6-10-14-22)16-15-21-11-7-5-8-12-21/h5-14,17-18,31-32H,15-16,19H2,1-4H3. The average Bonchev–Trinajstić information content (AvgIpc) is 2.82. The highest BCUT2D eigenvalue weighted by Crippen LogP contribution is 2.47. The number of aliphatic hydroxyl groups excluding tert-OH is 1. The Morgan fingerprint density at radius 2 is 1.60 bits per heavy atom. The van der Waals surface area contributed by atoms with Gasteiger partial charge in [-0.15, -0.1) is 0 Å². The van der Waals surface area contributed by atoms with E-state index in [4.69, 9.17) is 4.74 Å². The Kier molecular flexibility index (Phi) is 7.00. The number of benzene rings is 3. The van der Waals surface area contributed by atoms with Crippen LogP contribution in [0.15, 0.2) is 88.4 Å². The smallest absolute Gasteiger partial charge is 0.349 e. The third kappa shape index (κ3) is 5.40. The number of hydrogen-bond acceptors (Lipinski definition) is 5. The first-order chi connectivity index (χ1) is 16.6. The van der Waals surface area contributed by atoms with Gasteiger partial charge in [0.1, 0.15) is 22.0 Å². The van der Waals surface area contributed by atoms with E-state index >= 15 is 0 Å². The number of thioether (sulfide) groups is 1. The van der Waals surface area contributed by atoms with Gasteiger partial charge in [-0.1, -0.05) is 93.2 Å². The zero-order valence-corrected chi connectivity index (χ0v) is 21.5. The van der Waals surface area contributed by atoms with Crippen molar-refractivity contribution in [1.29, 1.82) is 0 Å². The Morgan fingerprint density at radius 1 is 0.971 bits per heavy atom. The van der Waals surface area contributed by atoms with Gasteiger partial charge in [-0.2, -0.15) is 0 Å². The number of hydrogen-bond donors (Lipinski definition) is 2. The van der Waals surface area contributed by atoms with Crippen LogP contribution in [0, 0.1) is 6.92 Å². The summed E-state index contributed by atoms with van der Waals surface area (Å²) in [5.41, 5.74) is 2.44. The Balaban J connectivity index is 1.70. The molecule has 0 radical (unpaired) electrons. The van der Waals surface area contributed by atoms with Crippen LogP contribution in [0.3, 0.4) is 0 Å². The highest BCUT2D eigenvalue weighted by atomic mass is 32.2. The van der Waals surface area contributed by atoms with Gasteiger partial charge in [0.25, 0.3) is 0 Å². The largest absolute Gasteiger partial charge is 0.511 e. The maximum absolute atomic E-state index is 13.4. The van der Waals surface area contributed by atoms with Gasteiger partial charge in [0.15, 0.2) is 0 Å². The Morgan fingerprint density at radius 3 is 2.20 bits per heavy atom. The molecule has 3 aromatic rings. The van der Waals surface area contributed by atoms with Crippen LogP contribution >= 0.6 is 11.8 Å². The zero-order chi connectivity index (χ0) is 25.2. The van der Waals surface area contributed by atoms with Crippen molar-refractivity contribution in [2.24, 2.45) is 0 Å². The van der Waals surface area contributed by atoms with Crippen LogP contribution in [0.5, 0.6) is 5.75 Å². The summed E-state index contributed by atoms with van der Waals surface area (Å²) >= 11 is 1.21. The number of aryl methyl sites for hydroxylation is 2. The van der Waals surface area contributed by atoms with Crippen molar-refractivity contribution in [2.45, 2.75) is 62.9 Å². The molecule has 35 heavy (non-hydrogen) atoms. The lowest BCUT2D eigenvalue weighted by atomic mass is 9.82. The summed E-state index contributed by atoms with van der Waals surface area (Å²) in [5, 5.41) is 21.5. The molecule has 0 bridgehead atoms. The first-order valence-corrected chi connectivity index (χ1v) is 12.7. The van der Waals surface area contributed by atoms with E-state index < -0.39 is 11.6 Å². The zero-order valence-electron chi connectivity index (χ0n) is 20.7. The molecule has 1 aliphatic heterocycles. The summed E-state index contributed by atoms with van der Waals surface area (Å²) in [6, 6.07) is 23.4. The maximum atomic E-state index is 13.4. The number of esters is 1. The van der Waals surface area contributed by atoms with Crippen LogP contribution in [-0.2, 0) is 27.0 Å². The Bertz CT molecular complexity index is 1240. The average molecular weight is 489 g/mol. The minimum absolute atomic E-state index is 0.0359. The number of cyclic esters (lactones) is 1. The highest BCUT2D eigenvalue weighted by molar-refractivity contribution is 8.04.